The molecule has 34 N–H and O–H groups in total. The molecule has 0 saturated carbocycles. The van der Waals surface area contributed by atoms with E-state index in [4.69, 9.17) is 45.2 Å². The number of aromatic nitrogens is 2. The first kappa shape index (κ1) is 119. The van der Waals surface area contributed by atoms with Gasteiger partial charge in [-0.15, -0.1) is 0 Å². The molecule has 1 heterocycles. The monoisotopic (exact) mass is 1910 g/mol. The minimum atomic E-state index is -2.10. The van der Waals surface area contributed by atoms with Crippen molar-refractivity contribution in [2.24, 2.45) is 46.2 Å². The molecular formula is C89H157N25O19S. The fraction of sp³-hybridized carbons (Fsp3) is 0.708. The number of primary amides is 1. The molecule has 14 atom stereocenters. The summed E-state index contributed by atoms with van der Waals surface area (Å²) in [6, 6.07) is -14.8. The molecule has 45 heteroatoms. The number of aromatic hydroxyl groups is 1. The minimum absolute atomic E-state index is 0.00220. The van der Waals surface area contributed by atoms with Gasteiger partial charge in [0.05, 0.1) is 31.2 Å². The van der Waals surface area contributed by atoms with Crippen LogP contribution in [0.2, 0.25) is 0 Å². The number of amides is 14. The summed E-state index contributed by atoms with van der Waals surface area (Å²) >= 11 is 1.21. The first-order valence-corrected chi connectivity index (χ1v) is 48.5. The summed E-state index contributed by atoms with van der Waals surface area (Å²) in [5, 5.41) is 96.4. The summed E-state index contributed by atoms with van der Waals surface area (Å²) in [7, 11) is 0. The SMILES string of the molecule is CCCCCCCCCCCCCCCC(=O)N[C@@H](CCCCN)C(=O)N[C@@H](CCCCN)C(=O)N[C@@H](CC(C)C)C(=O)N[C@@H](CCCNC(=N)N)C(=O)N[C@@H](CO)C(=O)N[C@@H](CCSC)C(=O)N[C@H](C(=O)N[C@@H](CC(=O)O)C(=O)N[C@@H](CCCCN)C(=O)N[C@H](Cc1ccc(O)cc1)C(=O)N[C@@H](CCCNC(=N)N)C(=O)N[C@@H](CC(C)C)C(=O)N[C@@H](Cc1c[nH]cn1)C(N)=O)[C@@H](C)O. The van der Waals surface area contributed by atoms with Gasteiger partial charge >= 0.3 is 5.97 Å². The van der Waals surface area contributed by atoms with Crippen LogP contribution in [0.25, 0.3) is 0 Å². The van der Waals surface area contributed by atoms with E-state index in [0.29, 0.717) is 49.9 Å². The van der Waals surface area contributed by atoms with Gasteiger partial charge in [-0.3, -0.25) is 82.7 Å². The quantitative estimate of drug-likeness (QED) is 0.0210. The van der Waals surface area contributed by atoms with E-state index in [1.807, 2.05) is 0 Å². The van der Waals surface area contributed by atoms with Crippen molar-refractivity contribution in [2.75, 3.05) is 51.3 Å². The van der Waals surface area contributed by atoms with Crippen molar-refractivity contribution in [1.82, 2.24) is 89.7 Å². The number of guanidine groups is 2. The van der Waals surface area contributed by atoms with Gasteiger partial charge in [-0.05, 0) is 177 Å². The zero-order chi connectivity index (χ0) is 100. The van der Waals surface area contributed by atoms with Crippen molar-refractivity contribution >= 4 is 112 Å². The van der Waals surface area contributed by atoms with Crippen molar-refractivity contribution in [3.8, 4) is 5.75 Å². The third kappa shape index (κ3) is 51.4. The molecule has 14 amide bonds. The Labute approximate surface area is 790 Å². The Hall–Kier alpha value is -11.0. The number of carboxylic acids is 1. The number of hydrogen-bond acceptors (Lipinski definition) is 25. The topological polar surface area (TPSA) is 750 Å². The van der Waals surface area contributed by atoms with Gasteiger partial charge in [-0.1, -0.05) is 124 Å². The molecule has 0 unspecified atom stereocenters. The first-order chi connectivity index (χ1) is 63.8. The zero-order valence-corrected chi connectivity index (χ0v) is 80.0. The largest absolute Gasteiger partial charge is 0.508 e. The molecule has 1 aromatic heterocycles. The van der Waals surface area contributed by atoms with Crippen LogP contribution in [0.15, 0.2) is 36.8 Å². The van der Waals surface area contributed by atoms with Crippen molar-refractivity contribution in [3.05, 3.63) is 48.0 Å². The highest BCUT2D eigenvalue weighted by Crippen LogP contribution is 2.19. The van der Waals surface area contributed by atoms with Crippen molar-refractivity contribution < 1.29 is 92.3 Å². The molecule has 2 aromatic rings. The number of aliphatic carboxylic acids is 1. The Bertz CT molecular complexity index is 3910. The number of rotatable bonds is 75. The van der Waals surface area contributed by atoms with E-state index in [1.165, 1.54) is 99.9 Å². The Morgan fingerprint density at radius 3 is 1.15 bits per heavy atom. The number of hydrogen-bond donors (Lipinski definition) is 28. The van der Waals surface area contributed by atoms with Crippen LogP contribution in [-0.2, 0) is 84.8 Å². The smallest absolute Gasteiger partial charge is 0.305 e. The van der Waals surface area contributed by atoms with Gasteiger partial charge in [0.2, 0.25) is 82.7 Å². The Morgan fingerprint density at radius 2 is 0.769 bits per heavy atom. The number of carboxylic acid groups (broad SMARTS) is 1. The van der Waals surface area contributed by atoms with Gasteiger partial charge in [-0.2, -0.15) is 11.8 Å². The number of phenolic OH excluding ortho intramolecular Hbond substituents is 1. The number of thioether (sulfide) groups is 1. The van der Waals surface area contributed by atoms with E-state index >= 15 is 0 Å². The number of imidazole rings is 1. The predicted octanol–water partition coefficient (Wildman–Crippen LogP) is -1.22. The second-order valence-electron chi connectivity index (χ2n) is 34.7. The Morgan fingerprint density at radius 1 is 0.418 bits per heavy atom. The van der Waals surface area contributed by atoms with Crippen LogP contribution in [-0.4, -0.2) is 267 Å². The number of phenols is 1. The molecule has 134 heavy (non-hydrogen) atoms. The highest BCUT2D eigenvalue weighted by Gasteiger charge is 2.40. The van der Waals surface area contributed by atoms with Gasteiger partial charge in [0, 0.05) is 38.5 Å². The summed E-state index contributed by atoms with van der Waals surface area (Å²) in [6.07, 6.45) is 17.7. The zero-order valence-electron chi connectivity index (χ0n) is 79.2. The molecule has 0 fully saturated rings. The highest BCUT2D eigenvalue weighted by atomic mass is 32.2. The van der Waals surface area contributed by atoms with Gasteiger partial charge in [-0.25, -0.2) is 4.98 Å². The van der Waals surface area contributed by atoms with Crippen molar-refractivity contribution in [2.45, 2.75) is 338 Å². The number of carbonyl (C=O) groups is 15. The lowest BCUT2D eigenvalue weighted by atomic mass is 10.0. The predicted molar refractivity (Wildman–Crippen MR) is 509 cm³/mol. The maximum Gasteiger partial charge on any atom is 0.305 e. The first-order valence-electron chi connectivity index (χ1n) is 47.1. The van der Waals surface area contributed by atoms with Crippen LogP contribution in [0.4, 0.5) is 0 Å². The van der Waals surface area contributed by atoms with E-state index < -0.39 is 192 Å². The average molecular weight is 1910 g/mol. The molecule has 758 valence electrons. The summed E-state index contributed by atoms with van der Waals surface area (Å²) in [5.41, 5.74) is 35.0. The molecule has 0 aliphatic heterocycles. The van der Waals surface area contributed by atoms with Crippen LogP contribution in [0, 0.1) is 22.7 Å². The molecule has 0 bridgehead atoms. The number of nitrogens with two attached hydrogens (primary N) is 6. The lowest BCUT2D eigenvalue weighted by Gasteiger charge is -2.29. The molecule has 0 saturated heterocycles. The van der Waals surface area contributed by atoms with Crippen LogP contribution >= 0.6 is 11.8 Å². The molecule has 44 nitrogen and oxygen atoms in total. The second-order valence-corrected chi connectivity index (χ2v) is 35.7. The lowest BCUT2D eigenvalue weighted by molar-refractivity contribution is -0.142. The van der Waals surface area contributed by atoms with Gasteiger partial charge < -0.3 is 140 Å². The van der Waals surface area contributed by atoms with Crippen LogP contribution in [0.5, 0.6) is 5.75 Å². The third-order valence-electron chi connectivity index (χ3n) is 22.0. The molecule has 0 aliphatic carbocycles. The van der Waals surface area contributed by atoms with Crippen LogP contribution in [0.1, 0.15) is 252 Å². The normalized spacial score (nSPS) is 14.4. The average Bonchev–Trinajstić information content (AvgIpc) is 0.943. The number of aromatic amines is 1. The maximum absolute atomic E-state index is 14.8. The summed E-state index contributed by atoms with van der Waals surface area (Å²) in [4.78, 5) is 219. The summed E-state index contributed by atoms with van der Waals surface area (Å²) in [6.45, 7) is 9.93. The molecule has 0 radical (unpaired) electrons. The van der Waals surface area contributed by atoms with E-state index in [2.05, 4.69) is 96.6 Å². The molecule has 2 rings (SSSR count). The number of nitrogens with zero attached hydrogens (tertiary/aromatic N) is 1. The number of nitrogens with one attached hydrogen (secondary N) is 18. The number of H-pyrrole nitrogens is 1. The van der Waals surface area contributed by atoms with Gasteiger partial charge in [0.25, 0.3) is 0 Å². The molecule has 0 aliphatic rings. The second kappa shape index (κ2) is 68.9. The highest BCUT2D eigenvalue weighted by molar-refractivity contribution is 7.98. The molecular weight excluding hydrogens is 1760 g/mol. The fourth-order valence-electron chi connectivity index (χ4n) is 14.5. The van der Waals surface area contributed by atoms with Gasteiger partial charge in [0.1, 0.15) is 84.3 Å². The third-order valence-corrected chi connectivity index (χ3v) is 22.6. The number of aliphatic hydroxyl groups is 2. The lowest BCUT2D eigenvalue weighted by Crippen LogP contribution is -2.62. The van der Waals surface area contributed by atoms with Crippen LogP contribution < -0.4 is 114 Å². The number of aliphatic hydroxyl groups excluding tert-OH is 2. The van der Waals surface area contributed by atoms with Crippen molar-refractivity contribution in [3.63, 3.8) is 0 Å². The van der Waals surface area contributed by atoms with Crippen molar-refractivity contribution in [1.29, 1.82) is 10.8 Å². The minimum Gasteiger partial charge on any atom is -0.508 e. The number of benzene rings is 1. The fourth-order valence-corrected chi connectivity index (χ4v) is 15.0. The standard InChI is InChI=1S/C89H157N25O19S/c1-8-9-10-11-12-13-14-15-16-17-18-19-20-34-72(118)102-60(29-21-24-40-90)76(122)103-61(30-22-25-41-91)77(123)109-67(46-54(2)3)82(128)105-64(33-28-44-100-89(96)97)80(126)113-71(52-115)86(132)107-65(39-45-134-7)81(127)114-74(56(6)116)87(133)112-70(50-73(119)120)85(131)104-62(31-23-26-42-92)78(124)111-69(48-57-35-37-59(117)38-36-57)84(130)106-63(32-27-43-99-88(94)95)79(125)110-68(47-55(4)5)83(129)108-66(75(93)121)49-58-51-98-53-101-58/h35-38,51,53-56,60-71,74,115-117H,8-34,39-50,52,90-92H2,1-7H3,(H2,93,121)(H,98,101)(H,102,118)(H,103,122)(H,104,131)(H,105,128)(H,106,130)(H,107,132)(H,108,129)(H,109,123)(H,110,125)(H,111,124)(H,112,133)(H,113,126)(H,114,127)(H,119,120)(H4,94,95,99)(H4,96,97,100)/t56-,60+,61+,62+,63+,64+,65+,66+,67+,68+,69-,70+,71+,74+/m1/s1. The van der Waals surface area contributed by atoms with E-state index in [9.17, 15) is 92.3 Å². The summed E-state index contributed by atoms with van der Waals surface area (Å²) < 4.78 is 0. The van der Waals surface area contributed by atoms with Gasteiger partial charge in [0.15, 0.2) is 11.9 Å². The van der Waals surface area contributed by atoms with E-state index in [0.717, 1.165) is 32.6 Å². The molecule has 1 aromatic carbocycles. The van der Waals surface area contributed by atoms with E-state index in [-0.39, 0.29) is 152 Å². The number of carbonyl (C=O) groups excluding carboxylic acids is 14. The number of unbranched alkanes of at least 4 members (excludes halogenated alkanes) is 15. The Balaban J connectivity index is 2.51. The molecule has 0 spiro atoms. The Kier molecular flexibility index (Phi) is 61.2. The van der Waals surface area contributed by atoms with Crippen LogP contribution in [0.3, 0.4) is 0 Å². The maximum atomic E-state index is 14.8. The summed E-state index contributed by atoms with van der Waals surface area (Å²) in [5.74, 6) is -16.4. The van der Waals surface area contributed by atoms with E-state index in [1.54, 1.807) is 34.0 Å².